The number of hydrogen-bond donors (Lipinski definition) is 1. The van der Waals surface area contributed by atoms with Crippen molar-refractivity contribution in [3.05, 3.63) is 84.4 Å². The minimum atomic E-state index is -4.66. The molecule has 13 heteroatoms. The molecule has 0 radical (unpaired) electrons. The molecule has 1 fully saturated rings. The molecule has 10 nitrogen and oxygen atoms in total. The molecule has 5 rings (SSSR count). The number of alkyl halides is 3. The van der Waals surface area contributed by atoms with Gasteiger partial charge in [0.05, 0.1) is 24.2 Å². The Labute approximate surface area is 233 Å². The van der Waals surface area contributed by atoms with Crippen molar-refractivity contribution in [3.63, 3.8) is 0 Å². The van der Waals surface area contributed by atoms with Crippen molar-refractivity contribution in [1.29, 1.82) is 0 Å². The summed E-state index contributed by atoms with van der Waals surface area (Å²) < 4.78 is 47.1. The van der Waals surface area contributed by atoms with Gasteiger partial charge in [0, 0.05) is 55.4 Å². The fourth-order valence-corrected chi connectivity index (χ4v) is 4.41. The SMILES string of the molecule is CCOC(=O)N1CCN(c2cccc(C(=O)Nc3ccc(-n4nc(-c5cccnc5)cc4C(F)(F)F)cn3)c2)CC1. The first-order chi connectivity index (χ1) is 19.7. The molecule has 0 atom stereocenters. The average molecular weight is 566 g/mol. The second-order valence-electron chi connectivity index (χ2n) is 9.15. The van der Waals surface area contributed by atoms with Crippen LogP contribution in [-0.2, 0) is 10.9 Å². The second-order valence-corrected chi connectivity index (χ2v) is 9.15. The van der Waals surface area contributed by atoms with Gasteiger partial charge in [-0.25, -0.2) is 14.5 Å². The number of piperazine rings is 1. The van der Waals surface area contributed by atoms with E-state index in [1.165, 1.54) is 30.7 Å². The average Bonchev–Trinajstić information content (AvgIpc) is 3.45. The van der Waals surface area contributed by atoms with E-state index in [0.29, 0.717) is 43.9 Å². The summed E-state index contributed by atoms with van der Waals surface area (Å²) in [6.07, 6.45) is -0.828. The first-order valence-corrected chi connectivity index (χ1v) is 12.8. The van der Waals surface area contributed by atoms with E-state index in [0.717, 1.165) is 16.4 Å². The van der Waals surface area contributed by atoms with Gasteiger partial charge in [0.1, 0.15) is 11.5 Å². The van der Waals surface area contributed by atoms with E-state index in [1.807, 2.05) is 6.07 Å². The molecule has 4 aromatic rings. The summed E-state index contributed by atoms with van der Waals surface area (Å²) in [6.45, 7) is 4.25. The van der Waals surface area contributed by atoms with Gasteiger partial charge in [0.2, 0.25) is 0 Å². The van der Waals surface area contributed by atoms with Gasteiger partial charge in [0.25, 0.3) is 5.91 Å². The number of aromatic nitrogens is 4. The number of benzene rings is 1. The van der Waals surface area contributed by atoms with Crippen LogP contribution in [0.3, 0.4) is 0 Å². The number of nitrogens with one attached hydrogen (secondary N) is 1. The van der Waals surface area contributed by atoms with Crippen LogP contribution in [0.4, 0.5) is 29.5 Å². The van der Waals surface area contributed by atoms with Crippen LogP contribution in [0, 0.1) is 0 Å². The summed E-state index contributed by atoms with van der Waals surface area (Å²) >= 11 is 0. The lowest BCUT2D eigenvalue weighted by Gasteiger charge is -2.35. The highest BCUT2D eigenvalue weighted by atomic mass is 19.4. The molecule has 0 saturated carbocycles. The van der Waals surface area contributed by atoms with Gasteiger partial charge in [-0.15, -0.1) is 0 Å². The Morgan fingerprint density at radius 3 is 2.44 bits per heavy atom. The first kappa shape index (κ1) is 27.6. The molecule has 1 N–H and O–H groups in total. The monoisotopic (exact) mass is 565 g/mol. The zero-order chi connectivity index (χ0) is 29.0. The van der Waals surface area contributed by atoms with Crippen molar-refractivity contribution in [2.75, 3.05) is 43.0 Å². The number of hydrogen-bond acceptors (Lipinski definition) is 7. The molecular weight excluding hydrogens is 539 g/mol. The molecule has 3 aromatic heterocycles. The molecule has 1 aliphatic heterocycles. The molecule has 41 heavy (non-hydrogen) atoms. The lowest BCUT2D eigenvalue weighted by Crippen LogP contribution is -2.49. The summed E-state index contributed by atoms with van der Waals surface area (Å²) in [5, 5.41) is 6.81. The maximum absolute atomic E-state index is 13.8. The van der Waals surface area contributed by atoms with Crippen molar-refractivity contribution in [3.8, 4) is 16.9 Å². The first-order valence-electron chi connectivity index (χ1n) is 12.8. The van der Waals surface area contributed by atoms with E-state index in [4.69, 9.17) is 4.74 Å². The highest BCUT2D eigenvalue weighted by Gasteiger charge is 2.36. The number of carbonyl (C=O) groups is 2. The number of pyridine rings is 2. The molecule has 0 aliphatic carbocycles. The summed E-state index contributed by atoms with van der Waals surface area (Å²) in [4.78, 5) is 36.7. The van der Waals surface area contributed by atoms with Gasteiger partial charge in [-0.2, -0.15) is 18.3 Å². The quantitative estimate of drug-likeness (QED) is 0.355. The summed E-state index contributed by atoms with van der Waals surface area (Å²) in [5.41, 5.74) is 0.881. The highest BCUT2D eigenvalue weighted by molar-refractivity contribution is 6.04. The molecule has 0 bridgehead atoms. The smallest absolute Gasteiger partial charge is 0.433 e. The third kappa shape index (κ3) is 6.29. The molecule has 1 aromatic carbocycles. The van der Waals surface area contributed by atoms with Crippen LogP contribution in [-0.4, -0.2) is 69.4 Å². The van der Waals surface area contributed by atoms with E-state index in [-0.39, 0.29) is 23.3 Å². The second kappa shape index (κ2) is 11.7. The van der Waals surface area contributed by atoms with Gasteiger partial charge in [0.15, 0.2) is 0 Å². The van der Waals surface area contributed by atoms with E-state index in [9.17, 15) is 22.8 Å². The number of ether oxygens (including phenoxy) is 1. The predicted octanol–water partition coefficient (Wildman–Crippen LogP) is 4.88. The van der Waals surface area contributed by atoms with Crippen molar-refractivity contribution in [2.45, 2.75) is 13.1 Å². The number of carbonyl (C=O) groups excluding carboxylic acids is 2. The number of rotatable bonds is 6. The number of nitrogens with zero attached hydrogens (tertiary/aromatic N) is 6. The molecule has 1 aliphatic rings. The Morgan fingerprint density at radius 1 is 0.976 bits per heavy atom. The maximum atomic E-state index is 13.8. The van der Waals surface area contributed by atoms with Crippen LogP contribution in [0.5, 0.6) is 0 Å². The van der Waals surface area contributed by atoms with Crippen LogP contribution in [0.15, 0.2) is 73.2 Å². The van der Waals surface area contributed by atoms with Crippen LogP contribution in [0.1, 0.15) is 23.0 Å². The summed E-state index contributed by atoms with van der Waals surface area (Å²) in [5.74, 6) is -0.258. The lowest BCUT2D eigenvalue weighted by molar-refractivity contribution is -0.142. The Kier molecular flexibility index (Phi) is 7.86. The van der Waals surface area contributed by atoms with Crippen molar-refractivity contribution < 1.29 is 27.5 Å². The summed E-state index contributed by atoms with van der Waals surface area (Å²) in [6, 6.07) is 14.0. The van der Waals surface area contributed by atoms with Gasteiger partial charge >= 0.3 is 12.3 Å². The Morgan fingerprint density at radius 2 is 1.78 bits per heavy atom. The van der Waals surface area contributed by atoms with E-state index in [2.05, 4.69) is 25.3 Å². The number of halogens is 3. The fourth-order valence-electron chi connectivity index (χ4n) is 4.41. The van der Waals surface area contributed by atoms with Crippen LogP contribution >= 0.6 is 0 Å². The van der Waals surface area contributed by atoms with Crippen molar-refractivity contribution in [1.82, 2.24) is 24.6 Å². The maximum Gasteiger partial charge on any atom is 0.433 e. The lowest BCUT2D eigenvalue weighted by atomic mass is 10.1. The van der Waals surface area contributed by atoms with Crippen molar-refractivity contribution in [2.24, 2.45) is 0 Å². The third-order valence-corrected chi connectivity index (χ3v) is 6.47. The largest absolute Gasteiger partial charge is 0.450 e. The van der Waals surface area contributed by atoms with Crippen LogP contribution in [0.25, 0.3) is 16.9 Å². The highest BCUT2D eigenvalue weighted by Crippen LogP contribution is 2.34. The van der Waals surface area contributed by atoms with E-state index >= 15 is 0 Å². The Balaban J connectivity index is 1.28. The molecule has 0 spiro atoms. The van der Waals surface area contributed by atoms with Gasteiger partial charge in [-0.1, -0.05) is 6.07 Å². The standard InChI is InChI=1S/C28H26F3N7O3/c1-2-41-27(40)37-13-11-36(12-14-37)21-7-3-5-19(15-21)26(39)34-25-9-8-22(18-33-25)38-24(28(29,30)31)16-23(35-38)20-6-4-10-32-17-20/h3-10,15-18H,2,11-14H2,1H3,(H,33,34,39). The minimum Gasteiger partial charge on any atom is -0.450 e. The molecule has 1 saturated heterocycles. The molecule has 0 unspecified atom stereocenters. The van der Waals surface area contributed by atoms with E-state index < -0.39 is 17.8 Å². The van der Waals surface area contributed by atoms with E-state index in [1.54, 1.807) is 42.2 Å². The zero-order valence-corrected chi connectivity index (χ0v) is 22.0. The molecule has 212 valence electrons. The molecule has 2 amide bonds. The third-order valence-electron chi connectivity index (χ3n) is 6.47. The molecule has 4 heterocycles. The zero-order valence-electron chi connectivity index (χ0n) is 22.0. The van der Waals surface area contributed by atoms with Crippen LogP contribution < -0.4 is 10.2 Å². The summed E-state index contributed by atoms with van der Waals surface area (Å²) in [7, 11) is 0. The minimum absolute atomic E-state index is 0.0782. The van der Waals surface area contributed by atoms with Crippen molar-refractivity contribution >= 4 is 23.5 Å². The Hall–Kier alpha value is -4.94. The van der Waals surface area contributed by atoms with Gasteiger partial charge < -0.3 is 19.9 Å². The normalized spacial score (nSPS) is 13.7. The fraction of sp³-hybridized carbons (Fsp3) is 0.250. The molecular formula is C28H26F3N7O3. The van der Waals surface area contributed by atoms with Gasteiger partial charge in [-0.05, 0) is 55.5 Å². The Bertz CT molecular complexity index is 1520. The van der Waals surface area contributed by atoms with Crippen LogP contribution in [0.2, 0.25) is 0 Å². The number of anilines is 2. The number of amides is 2. The van der Waals surface area contributed by atoms with Gasteiger partial charge in [-0.3, -0.25) is 9.78 Å². The predicted molar refractivity (Wildman–Crippen MR) is 145 cm³/mol. The topological polar surface area (TPSA) is 105 Å².